The Kier molecular flexibility index (Phi) is 7.85. The van der Waals surface area contributed by atoms with Crippen LogP contribution in [0.15, 0.2) is 24.3 Å². The summed E-state index contributed by atoms with van der Waals surface area (Å²) in [6, 6.07) is 8.03. The van der Waals surface area contributed by atoms with Crippen molar-refractivity contribution in [3.8, 4) is 0 Å². The van der Waals surface area contributed by atoms with E-state index in [-0.39, 0.29) is 5.91 Å². The maximum atomic E-state index is 13.0. The van der Waals surface area contributed by atoms with Crippen LogP contribution < -0.4 is 11.5 Å². The summed E-state index contributed by atoms with van der Waals surface area (Å²) in [7, 11) is 0. The summed E-state index contributed by atoms with van der Waals surface area (Å²) in [5, 5.41) is 1.03. The molecule has 0 saturated heterocycles. The van der Waals surface area contributed by atoms with Crippen LogP contribution in [-0.4, -0.2) is 35.4 Å². The average Bonchev–Trinajstić information content (AvgIpc) is 2.64. The number of anilines is 1. The highest BCUT2D eigenvalue weighted by atomic mass is 16.2. The zero-order valence-corrected chi connectivity index (χ0v) is 16.1. The third-order valence-electron chi connectivity index (χ3n) is 4.63. The molecule has 2 aromatic rings. The number of amides is 1. The molecule has 1 aromatic heterocycles. The molecule has 142 valence electrons. The Labute approximate surface area is 156 Å². The molecule has 0 spiro atoms. The third-order valence-corrected chi connectivity index (χ3v) is 4.63. The molecule has 0 radical (unpaired) electrons. The van der Waals surface area contributed by atoms with E-state index in [1.54, 1.807) is 0 Å². The SMILES string of the molecule is CCCN(CCC)C(=O)c1cc2c(CCCCCN)cccc2nc1N. The van der Waals surface area contributed by atoms with Gasteiger partial charge in [-0.3, -0.25) is 4.79 Å². The van der Waals surface area contributed by atoms with E-state index in [4.69, 9.17) is 11.5 Å². The number of nitrogen functional groups attached to an aromatic ring is 1. The van der Waals surface area contributed by atoms with E-state index in [1.807, 2.05) is 23.1 Å². The summed E-state index contributed by atoms with van der Waals surface area (Å²) in [5.41, 5.74) is 14.3. The second-order valence-corrected chi connectivity index (χ2v) is 6.80. The van der Waals surface area contributed by atoms with Gasteiger partial charge in [-0.15, -0.1) is 0 Å². The molecule has 0 atom stereocenters. The van der Waals surface area contributed by atoms with Crippen molar-refractivity contribution in [2.45, 2.75) is 52.4 Å². The van der Waals surface area contributed by atoms with Gasteiger partial charge in [-0.05, 0) is 56.3 Å². The van der Waals surface area contributed by atoms with Gasteiger partial charge in [0, 0.05) is 18.5 Å². The van der Waals surface area contributed by atoms with Crippen LogP contribution in [-0.2, 0) is 6.42 Å². The normalized spacial score (nSPS) is 11.0. The van der Waals surface area contributed by atoms with Gasteiger partial charge in [0.2, 0.25) is 0 Å². The summed E-state index contributed by atoms with van der Waals surface area (Å²) < 4.78 is 0. The quantitative estimate of drug-likeness (QED) is 0.635. The molecule has 0 aliphatic carbocycles. The summed E-state index contributed by atoms with van der Waals surface area (Å²) >= 11 is 0. The lowest BCUT2D eigenvalue weighted by atomic mass is 10.00. The molecule has 2 rings (SSSR count). The van der Waals surface area contributed by atoms with Crippen LogP contribution in [0.4, 0.5) is 5.82 Å². The molecular weight excluding hydrogens is 324 g/mol. The zero-order valence-electron chi connectivity index (χ0n) is 16.1. The first kappa shape index (κ1) is 20.2. The number of hydrogen-bond acceptors (Lipinski definition) is 4. The van der Waals surface area contributed by atoms with E-state index in [2.05, 4.69) is 24.9 Å². The average molecular weight is 357 g/mol. The molecule has 0 aliphatic heterocycles. The van der Waals surface area contributed by atoms with E-state index in [0.717, 1.165) is 69.1 Å². The minimum atomic E-state index is -0.0152. The molecule has 1 aromatic carbocycles. The van der Waals surface area contributed by atoms with Crippen LogP contribution in [0, 0.1) is 0 Å². The van der Waals surface area contributed by atoms with Crippen LogP contribution in [0.3, 0.4) is 0 Å². The Morgan fingerprint density at radius 1 is 1.12 bits per heavy atom. The van der Waals surface area contributed by atoms with E-state index >= 15 is 0 Å². The van der Waals surface area contributed by atoms with Crippen LogP contribution >= 0.6 is 0 Å². The number of carbonyl (C=O) groups excluding carboxylic acids is 1. The first-order valence-electron chi connectivity index (χ1n) is 9.79. The first-order valence-corrected chi connectivity index (χ1v) is 9.79. The van der Waals surface area contributed by atoms with Crippen LogP contribution in [0.5, 0.6) is 0 Å². The Morgan fingerprint density at radius 2 is 1.85 bits per heavy atom. The molecule has 26 heavy (non-hydrogen) atoms. The lowest BCUT2D eigenvalue weighted by molar-refractivity contribution is 0.0756. The van der Waals surface area contributed by atoms with E-state index in [9.17, 15) is 4.79 Å². The number of nitrogens with two attached hydrogens (primary N) is 2. The van der Waals surface area contributed by atoms with Gasteiger partial charge in [-0.1, -0.05) is 32.4 Å². The minimum Gasteiger partial charge on any atom is -0.383 e. The molecule has 1 amide bonds. The number of fused-ring (bicyclic) bond motifs is 1. The van der Waals surface area contributed by atoms with Crippen LogP contribution in [0.1, 0.15) is 61.9 Å². The smallest absolute Gasteiger partial charge is 0.257 e. The highest BCUT2D eigenvalue weighted by Crippen LogP contribution is 2.24. The fourth-order valence-electron chi connectivity index (χ4n) is 3.32. The Balaban J connectivity index is 2.35. The largest absolute Gasteiger partial charge is 0.383 e. The fraction of sp³-hybridized carbons (Fsp3) is 0.524. The number of hydrogen-bond donors (Lipinski definition) is 2. The van der Waals surface area contributed by atoms with Gasteiger partial charge >= 0.3 is 0 Å². The molecule has 0 saturated carbocycles. The molecular formula is C21H32N4O. The summed E-state index contributed by atoms with van der Waals surface area (Å²) in [6.45, 7) is 6.38. The minimum absolute atomic E-state index is 0.0152. The van der Waals surface area contributed by atoms with E-state index < -0.39 is 0 Å². The van der Waals surface area contributed by atoms with Gasteiger partial charge in [0.25, 0.3) is 5.91 Å². The van der Waals surface area contributed by atoms with Crippen molar-refractivity contribution >= 4 is 22.6 Å². The molecule has 5 heteroatoms. The fourth-order valence-corrected chi connectivity index (χ4v) is 3.32. The van der Waals surface area contributed by atoms with Gasteiger partial charge in [-0.25, -0.2) is 4.98 Å². The summed E-state index contributed by atoms with van der Waals surface area (Å²) in [4.78, 5) is 19.4. The van der Waals surface area contributed by atoms with Crippen LogP contribution in [0.25, 0.3) is 10.9 Å². The van der Waals surface area contributed by atoms with E-state index in [0.29, 0.717) is 11.4 Å². The zero-order chi connectivity index (χ0) is 18.9. The molecule has 0 aliphatic rings. The summed E-state index contributed by atoms with van der Waals surface area (Å²) in [6.07, 6.45) is 6.06. The maximum Gasteiger partial charge on any atom is 0.257 e. The number of aromatic nitrogens is 1. The Bertz CT molecular complexity index is 723. The van der Waals surface area contributed by atoms with Crippen molar-refractivity contribution in [3.63, 3.8) is 0 Å². The molecule has 0 unspecified atom stereocenters. The lowest BCUT2D eigenvalue weighted by Crippen LogP contribution is -2.33. The first-order chi connectivity index (χ1) is 12.6. The summed E-state index contributed by atoms with van der Waals surface area (Å²) in [5.74, 6) is 0.304. The van der Waals surface area contributed by atoms with Crippen molar-refractivity contribution < 1.29 is 4.79 Å². The van der Waals surface area contributed by atoms with Crippen LogP contribution in [0.2, 0.25) is 0 Å². The second-order valence-electron chi connectivity index (χ2n) is 6.80. The number of benzene rings is 1. The predicted molar refractivity (Wildman–Crippen MR) is 109 cm³/mol. The highest BCUT2D eigenvalue weighted by Gasteiger charge is 2.19. The molecule has 0 fully saturated rings. The standard InChI is InChI=1S/C21H32N4O/c1-3-13-25(14-4-2)21(26)18-15-17-16(9-6-5-7-12-22)10-8-11-19(17)24-20(18)23/h8,10-11,15H,3-7,9,12-14,22H2,1-2H3,(H2,23,24). The van der Waals surface area contributed by atoms with Gasteiger partial charge < -0.3 is 16.4 Å². The lowest BCUT2D eigenvalue weighted by Gasteiger charge is -2.22. The predicted octanol–water partition coefficient (Wildman–Crippen LogP) is 3.75. The monoisotopic (exact) mass is 356 g/mol. The molecule has 0 bridgehead atoms. The highest BCUT2D eigenvalue weighted by molar-refractivity contribution is 6.02. The van der Waals surface area contributed by atoms with Gasteiger partial charge in [0.05, 0.1) is 11.1 Å². The molecule has 5 nitrogen and oxygen atoms in total. The van der Waals surface area contributed by atoms with Gasteiger partial charge in [0.15, 0.2) is 0 Å². The third kappa shape index (κ3) is 4.94. The number of pyridine rings is 1. The number of aryl methyl sites for hydroxylation is 1. The van der Waals surface area contributed by atoms with Crippen molar-refractivity contribution in [2.24, 2.45) is 5.73 Å². The maximum absolute atomic E-state index is 13.0. The second kappa shape index (κ2) is 10.1. The van der Waals surface area contributed by atoms with Crippen molar-refractivity contribution in [1.82, 2.24) is 9.88 Å². The number of carbonyl (C=O) groups is 1. The van der Waals surface area contributed by atoms with Crippen molar-refractivity contribution in [3.05, 3.63) is 35.4 Å². The van der Waals surface area contributed by atoms with Gasteiger partial charge in [0.1, 0.15) is 5.82 Å². The molecule has 1 heterocycles. The van der Waals surface area contributed by atoms with Gasteiger partial charge in [-0.2, -0.15) is 0 Å². The van der Waals surface area contributed by atoms with Crippen molar-refractivity contribution in [1.29, 1.82) is 0 Å². The molecule has 4 N–H and O–H groups in total. The van der Waals surface area contributed by atoms with E-state index in [1.165, 1.54) is 5.56 Å². The Hall–Kier alpha value is -2.14. The number of unbranched alkanes of at least 4 members (excludes halogenated alkanes) is 2. The van der Waals surface area contributed by atoms with Crippen molar-refractivity contribution in [2.75, 3.05) is 25.4 Å². The Morgan fingerprint density at radius 3 is 2.50 bits per heavy atom. The number of nitrogens with zero attached hydrogens (tertiary/aromatic N) is 2. The topological polar surface area (TPSA) is 85.2 Å². The number of rotatable bonds is 10.